The molecule has 25 heavy (non-hydrogen) atoms. The number of hydrogen-bond donors (Lipinski definition) is 4. The molecule has 142 valence electrons. The summed E-state index contributed by atoms with van der Waals surface area (Å²) in [5.74, 6) is 2.00. The fourth-order valence-electron chi connectivity index (χ4n) is 3.57. The minimum atomic E-state index is -0.554. The molecule has 0 radical (unpaired) electrons. The Bertz CT molecular complexity index is 533. The van der Waals surface area contributed by atoms with Crippen molar-refractivity contribution < 1.29 is 15.0 Å². The van der Waals surface area contributed by atoms with Gasteiger partial charge in [0.1, 0.15) is 5.75 Å². The molecule has 2 rings (SSSR count). The van der Waals surface area contributed by atoms with Crippen LogP contribution in [0.5, 0.6) is 5.75 Å². The number of likely N-dealkylation sites (N-methyl/N-ethyl adjacent to an activating group) is 1. The second kappa shape index (κ2) is 10.4. The van der Waals surface area contributed by atoms with E-state index in [-0.39, 0.29) is 17.6 Å². The number of aliphatic hydroxyl groups is 1. The van der Waals surface area contributed by atoms with E-state index in [1.54, 1.807) is 31.3 Å². The van der Waals surface area contributed by atoms with Crippen LogP contribution in [-0.4, -0.2) is 29.7 Å². The lowest BCUT2D eigenvalue weighted by molar-refractivity contribution is -0.125. The first-order chi connectivity index (χ1) is 11.8. The standard InChI is InChI=1S/C11H21NO.C9H13NO2/c1-7(2)9-5-4-8(3)6-10(9)11(12)13;1-10-6-9(12)7-3-2-4-8(11)5-7/h7-10H,4-6H2,1-3H3,(H2,12,13);2-5,9-12H,6H2,1H3. The number of hydrogen-bond acceptors (Lipinski definition) is 4. The van der Waals surface area contributed by atoms with Gasteiger partial charge in [-0.15, -0.1) is 0 Å². The van der Waals surface area contributed by atoms with Crippen molar-refractivity contribution in [1.29, 1.82) is 0 Å². The third-order valence-electron chi connectivity index (χ3n) is 5.04. The molecule has 1 aromatic carbocycles. The summed E-state index contributed by atoms with van der Waals surface area (Å²) < 4.78 is 0. The number of nitrogens with one attached hydrogen (secondary N) is 1. The van der Waals surface area contributed by atoms with Crippen LogP contribution >= 0.6 is 0 Å². The molecule has 0 spiro atoms. The summed E-state index contributed by atoms with van der Waals surface area (Å²) in [4.78, 5) is 11.2. The van der Waals surface area contributed by atoms with Gasteiger partial charge in [0.2, 0.25) is 5.91 Å². The van der Waals surface area contributed by atoms with Gasteiger partial charge in [-0.05, 0) is 55.3 Å². The molecular formula is C20H34N2O3. The van der Waals surface area contributed by atoms with Gasteiger partial charge in [-0.1, -0.05) is 39.3 Å². The largest absolute Gasteiger partial charge is 0.508 e. The fourth-order valence-corrected chi connectivity index (χ4v) is 3.57. The van der Waals surface area contributed by atoms with Crippen LogP contribution in [0, 0.1) is 23.7 Å². The summed E-state index contributed by atoms with van der Waals surface area (Å²) in [5.41, 5.74) is 6.14. The summed E-state index contributed by atoms with van der Waals surface area (Å²) in [6, 6.07) is 6.63. The zero-order chi connectivity index (χ0) is 19.0. The van der Waals surface area contributed by atoms with Crippen LogP contribution in [0.4, 0.5) is 0 Å². The molecule has 0 heterocycles. The molecule has 0 aliphatic heterocycles. The van der Waals surface area contributed by atoms with E-state index in [4.69, 9.17) is 10.8 Å². The molecule has 5 nitrogen and oxygen atoms in total. The number of carbonyl (C=O) groups excluding carboxylic acids is 1. The van der Waals surface area contributed by atoms with Crippen molar-refractivity contribution in [3.63, 3.8) is 0 Å². The van der Waals surface area contributed by atoms with E-state index in [0.29, 0.717) is 24.3 Å². The minimum Gasteiger partial charge on any atom is -0.508 e. The summed E-state index contributed by atoms with van der Waals surface area (Å²) >= 11 is 0. The van der Waals surface area contributed by atoms with E-state index in [2.05, 4.69) is 26.1 Å². The molecule has 4 atom stereocenters. The lowest BCUT2D eigenvalue weighted by Gasteiger charge is -2.35. The number of amides is 1. The first-order valence-corrected chi connectivity index (χ1v) is 9.17. The number of phenolic OH excluding ortho intramolecular Hbond substituents is 1. The van der Waals surface area contributed by atoms with Crippen molar-refractivity contribution >= 4 is 5.91 Å². The van der Waals surface area contributed by atoms with Crippen LogP contribution in [-0.2, 0) is 4.79 Å². The van der Waals surface area contributed by atoms with Crippen LogP contribution in [0.3, 0.4) is 0 Å². The van der Waals surface area contributed by atoms with Crippen molar-refractivity contribution in [3.05, 3.63) is 29.8 Å². The molecule has 1 fully saturated rings. The molecule has 0 saturated heterocycles. The Morgan fingerprint density at radius 3 is 2.56 bits per heavy atom. The van der Waals surface area contributed by atoms with Gasteiger partial charge < -0.3 is 21.3 Å². The van der Waals surface area contributed by atoms with Gasteiger partial charge in [0.05, 0.1) is 6.10 Å². The van der Waals surface area contributed by atoms with Crippen molar-refractivity contribution in [3.8, 4) is 5.75 Å². The Balaban J connectivity index is 0.000000251. The number of carbonyl (C=O) groups is 1. The summed E-state index contributed by atoms with van der Waals surface area (Å²) in [7, 11) is 1.77. The second-order valence-corrected chi connectivity index (χ2v) is 7.50. The van der Waals surface area contributed by atoms with Gasteiger partial charge in [-0.3, -0.25) is 4.79 Å². The molecule has 1 aliphatic carbocycles. The number of rotatable bonds is 5. The van der Waals surface area contributed by atoms with Gasteiger partial charge in [-0.2, -0.15) is 0 Å². The van der Waals surface area contributed by atoms with E-state index < -0.39 is 6.10 Å². The van der Waals surface area contributed by atoms with Crippen molar-refractivity contribution in [2.75, 3.05) is 13.6 Å². The van der Waals surface area contributed by atoms with Crippen LogP contribution in [0.1, 0.15) is 51.7 Å². The Kier molecular flexibility index (Phi) is 8.93. The molecule has 5 N–H and O–H groups in total. The smallest absolute Gasteiger partial charge is 0.220 e. The predicted octanol–water partition coefficient (Wildman–Crippen LogP) is 2.83. The number of aromatic hydroxyl groups is 1. The van der Waals surface area contributed by atoms with Gasteiger partial charge in [0, 0.05) is 12.5 Å². The lowest BCUT2D eigenvalue weighted by Crippen LogP contribution is -2.37. The number of benzene rings is 1. The Morgan fingerprint density at radius 1 is 1.36 bits per heavy atom. The Hall–Kier alpha value is -1.59. The Morgan fingerprint density at radius 2 is 2.04 bits per heavy atom. The first-order valence-electron chi connectivity index (χ1n) is 9.17. The van der Waals surface area contributed by atoms with Gasteiger partial charge in [0.25, 0.3) is 0 Å². The SMILES string of the molecule is CC1CCC(C(C)C)C(C(N)=O)C1.CNCC(O)c1cccc(O)c1. The fraction of sp³-hybridized carbons (Fsp3) is 0.650. The third kappa shape index (κ3) is 7.04. The molecule has 4 unspecified atom stereocenters. The van der Waals surface area contributed by atoms with Crippen LogP contribution in [0.2, 0.25) is 0 Å². The predicted molar refractivity (Wildman–Crippen MR) is 101 cm³/mol. The van der Waals surface area contributed by atoms with E-state index in [9.17, 15) is 9.90 Å². The van der Waals surface area contributed by atoms with E-state index in [1.807, 2.05) is 0 Å². The lowest BCUT2D eigenvalue weighted by atomic mass is 9.70. The highest BCUT2D eigenvalue weighted by atomic mass is 16.3. The van der Waals surface area contributed by atoms with Crippen molar-refractivity contribution in [1.82, 2.24) is 5.32 Å². The summed E-state index contributed by atoms with van der Waals surface area (Å²) in [6.45, 7) is 7.09. The topological polar surface area (TPSA) is 95.6 Å². The zero-order valence-electron chi connectivity index (χ0n) is 15.9. The number of phenols is 1. The first kappa shape index (κ1) is 21.5. The average molecular weight is 351 g/mol. The minimum absolute atomic E-state index is 0.0924. The van der Waals surface area contributed by atoms with E-state index in [1.165, 1.54) is 12.8 Å². The molecule has 5 heteroatoms. The second-order valence-electron chi connectivity index (χ2n) is 7.50. The van der Waals surface area contributed by atoms with Crippen LogP contribution in [0.25, 0.3) is 0 Å². The van der Waals surface area contributed by atoms with Gasteiger partial charge in [0.15, 0.2) is 0 Å². The average Bonchev–Trinajstić information content (AvgIpc) is 2.55. The number of primary amides is 1. The highest BCUT2D eigenvalue weighted by molar-refractivity contribution is 5.77. The maximum absolute atomic E-state index is 11.2. The Labute approximate surface area is 151 Å². The number of aliphatic hydroxyl groups excluding tert-OH is 1. The maximum Gasteiger partial charge on any atom is 0.220 e. The van der Waals surface area contributed by atoms with E-state index >= 15 is 0 Å². The number of nitrogens with two attached hydrogens (primary N) is 1. The molecule has 0 aromatic heterocycles. The zero-order valence-corrected chi connectivity index (χ0v) is 15.9. The molecule has 1 saturated carbocycles. The molecular weight excluding hydrogens is 316 g/mol. The molecule has 1 aromatic rings. The van der Waals surface area contributed by atoms with Gasteiger partial charge in [-0.25, -0.2) is 0 Å². The highest BCUT2D eigenvalue weighted by Crippen LogP contribution is 2.37. The quantitative estimate of drug-likeness (QED) is 0.656. The third-order valence-corrected chi connectivity index (χ3v) is 5.04. The molecule has 0 bridgehead atoms. The van der Waals surface area contributed by atoms with Crippen molar-refractivity contribution in [2.45, 2.75) is 46.1 Å². The van der Waals surface area contributed by atoms with Crippen LogP contribution < -0.4 is 11.1 Å². The van der Waals surface area contributed by atoms with E-state index in [0.717, 1.165) is 12.0 Å². The maximum atomic E-state index is 11.2. The van der Waals surface area contributed by atoms with Gasteiger partial charge >= 0.3 is 0 Å². The van der Waals surface area contributed by atoms with Crippen LogP contribution in [0.15, 0.2) is 24.3 Å². The summed E-state index contributed by atoms with van der Waals surface area (Å²) in [5, 5.41) is 21.4. The summed E-state index contributed by atoms with van der Waals surface area (Å²) in [6.07, 6.45) is 2.87. The van der Waals surface area contributed by atoms with Crippen molar-refractivity contribution in [2.24, 2.45) is 29.4 Å². The monoisotopic (exact) mass is 350 g/mol. The normalized spacial score (nSPS) is 24.3. The molecule has 1 aliphatic rings. The molecule has 1 amide bonds. The highest BCUT2D eigenvalue weighted by Gasteiger charge is 2.33.